The molecule has 40 heavy (non-hydrogen) atoms. The molecule has 0 saturated heterocycles. The number of nitrogens with zero attached hydrogens (tertiary/aromatic N) is 2. The Labute approximate surface area is 237 Å². The van der Waals surface area contributed by atoms with Crippen molar-refractivity contribution < 1.29 is 34.0 Å². The summed E-state index contributed by atoms with van der Waals surface area (Å²) in [6.07, 6.45) is 0.808. The summed E-state index contributed by atoms with van der Waals surface area (Å²) >= 11 is 7.93. The number of rotatable bonds is 9. The minimum Gasteiger partial charge on any atom is -0.487 e. The number of carbonyl (C=O) groups is 1. The van der Waals surface area contributed by atoms with E-state index in [9.17, 15) is 14.6 Å². The summed E-state index contributed by atoms with van der Waals surface area (Å²) < 4.78 is 25.7. The quantitative estimate of drug-likeness (QED) is 0.170. The van der Waals surface area contributed by atoms with Gasteiger partial charge < -0.3 is 30.1 Å². The summed E-state index contributed by atoms with van der Waals surface area (Å²) in [5.41, 5.74) is 1.42. The fourth-order valence-corrected chi connectivity index (χ4v) is 5.01. The molecular weight excluding hydrogens is 561 g/mol. The minimum atomic E-state index is -0.833. The number of ether oxygens (including phenoxy) is 2. The molecule has 12 heteroatoms. The molecule has 0 saturated carbocycles. The molecule has 0 radical (unpaired) electrons. The monoisotopic (exact) mass is 585 g/mol. The van der Waals surface area contributed by atoms with Crippen molar-refractivity contribution in [2.24, 2.45) is 0 Å². The number of thiophene rings is 1. The number of carboxylic acid groups (broad SMARTS) is 1. The van der Waals surface area contributed by atoms with E-state index in [0.717, 1.165) is 27.2 Å². The molecule has 0 atom stereocenters. The Morgan fingerprint density at radius 2 is 1.88 bits per heavy atom. The van der Waals surface area contributed by atoms with Gasteiger partial charge in [-0.3, -0.25) is 4.79 Å². The number of anilines is 2. The molecule has 0 aliphatic heterocycles. The highest BCUT2D eigenvalue weighted by Gasteiger charge is 2.15. The molecule has 9 nitrogen and oxygen atoms in total. The molecule has 0 amide bonds. The SMILES string of the molecule is CC(=O)O.OCC(CO)Oc1ccc2c(c1)sc1ncnc(Nc3ccc(OCc4cccc(F)c4)c(Cl)c3)c12. The number of hydrogen-bond donors (Lipinski definition) is 4. The Hall–Kier alpha value is -4.03. The van der Waals surface area contributed by atoms with Crippen molar-refractivity contribution >= 4 is 60.7 Å². The maximum absolute atomic E-state index is 13.4. The number of benzene rings is 3. The smallest absolute Gasteiger partial charge is 0.300 e. The molecule has 0 unspecified atom stereocenters. The molecule has 2 heterocycles. The molecule has 3 aromatic carbocycles. The first-order chi connectivity index (χ1) is 19.3. The molecule has 0 aliphatic rings. The van der Waals surface area contributed by atoms with Crippen LogP contribution in [0.1, 0.15) is 12.5 Å². The van der Waals surface area contributed by atoms with Crippen LogP contribution in [-0.2, 0) is 11.4 Å². The normalized spacial score (nSPS) is 10.8. The number of aromatic nitrogens is 2. The van der Waals surface area contributed by atoms with E-state index in [-0.39, 0.29) is 25.6 Å². The van der Waals surface area contributed by atoms with Crippen LogP contribution in [0.3, 0.4) is 0 Å². The van der Waals surface area contributed by atoms with Crippen LogP contribution < -0.4 is 14.8 Å². The van der Waals surface area contributed by atoms with Gasteiger partial charge in [0.2, 0.25) is 0 Å². The Bertz CT molecular complexity index is 1630. The van der Waals surface area contributed by atoms with E-state index in [1.54, 1.807) is 30.3 Å². The second-order valence-corrected chi connectivity index (χ2v) is 9.91. The van der Waals surface area contributed by atoms with Gasteiger partial charge >= 0.3 is 0 Å². The van der Waals surface area contributed by atoms with Crippen molar-refractivity contribution in [3.8, 4) is 11.5 Å². The Kier molecular flexibility index (Phi) is 9.67. The molecule has 4 N–H and O–H groups in total. The van der Waals surface area contributed by atoms with Gasteiger partial charge in [-0.1, -0.05) is 23.7 Å². The van der Waals surface area contributed by atoms with E-state index >= 15 is 0 Å². The second kappa shape index (κ2) is 13.4. The molecule has 0 aliphatic carbocycles. The average molecular weight is 586 g/mol. The Morgan fingerprint density at radius 3 is 2.58 bits per heavy atom. The lowest BCUT2D eigenvalue weighted by Crippen LogP contribution is -2.25. The van der Waals surface area contributed by atoms with Crippen LogP contribution in [0.4, 0.5) is 15.9 Å². The minimum absolute atomic E-state index is 0.195. The van der Waals surface area contributed by atoms with E-state index in [4.69, 9.17) is 31.0 Å². The first-order valence-electron chi connectivity index (χ1n) is 12.0. The predicted octanol–water partition coefficient (Wildman–Crippen LogP) is 5.78. The molecule has 0 spiro atoms. The van der Waals surface area contributed by atoms with Crippen molar-refractivity contribution in [1.29, 1.82) is 0 Å². The summed E-state index contributed by atoms with van der Waals surface area (Å²) in [5.74, 6) is 0.497. The lowest BCUT2D eigenvalue weighted by atomic mass is 10.2. The fraction of sp³-hybridized carbons (Fsp3) is 0.179. The van der Waals surface area contributed by atoms with Crippen LogP contribution in [-0.4, -0.2) is 50.6 Å². The topological polar surface area (TPSA) is 134 Å². The maximum atomic E-state index is 13.4. The number of aliphatic carboxylic acids is 1. The van der Waals surface area contributed by atoms with Crippen molar-refractivity contribution in [1.82, 2.24) is 9.97 Å². The highest BCUT2D eigenvalue weighted by Crippen LogP contribution is 2.39. The lowest BCUT2D eigenvalue weighted by molar-refractivity contribution is -0.134. The van der Waals surface area contributed by atoms with Crippen LogP contribution in [0.25, 0.3) is 20.3 Å². The van der Waals surface area contributed by atoms with Gasteiger partial charge in [-0.2, -0.15) is 0 Å². The van der Waals surface area contributed by atoms with E-state index < -0.39 is 12.1 Å². The molecule has 5 aromatic rings. The van der Waals surface area contributed by atoms with Crippen molar-refractivity contribution in [2.45, 2.75) is 19.6 Å². The first kappa shape index (κ1) is 29.0. The maximum Gasteiger partial charge on any atom is 0.300 e. The van der Waals surface area contributed by atoms with Gasteiger partial charge in [-0.05, 0) is 54.1 Å². The third-order valence-corrected chi connectivity index (χ3v) is 6.79. The van der Waals surface area contributed by atoms with E-state index in [0.29, 0.717) is 33.6 Å². The van der Waals surface area contributed by atoms with Crippen molar-refractivity contribution in [2.75, 3.05) is 18.5 Å². The number of halogens is 2. The summed E-state index contributed by atoms with van der Waals surface area (Å²) in [6.45, 7) is 0.718. The van der Waals surface area contributed by atoms with Crippen LogP contribution in [0, 0.1) is 5.82 Å². The zero-order valence-electron chi connectivity index (χ0n) is 21.2. The average Bonchev–Trinajstić information content (AvgIpc) is 3.30. The van der Waals surface area contributed by atoms with Gasteiger partial charge in [0.05, 0.1) is 23.6 Å². The van der Waals surface area contributed by atoms with Crippen LogP contribution in [0.5, 0.6) is 11.5 Å². The van der Waals surface area contributed by atoms with Gasteiger partial charge in [0, 0.05) is 22.7 Å². The summed E-state index contributed by atoms with van der Waals surface area (Å²) in [4.78, 5) is 18.6. The van der Waals surface area contributed by atoms with Crippen molar-refractivity contribution in [3.05, 3.63) is 83.4 Å². The van der Waals surface area contributed by atoms with Crippen LogP contribution in [0.2, 0.25) is 5.02 Å². The van der Waals surface area contributed by atoms with Crippen molar-refractivity contribution in [3.63, 3.8) is 0 Å². The van der Waals surface area contributed by atoms with Gasteiger partial charge in [-0.15, -0.1) is 11.3 Å². The molecule has 208 valence electrons. The first-order valence-corrected chi connectivity index (χ1v) is 13.2. The number of aliphatic hydroxyl groups is 2. The predicted molar refractivity (Wildman–Crippen MR) is 152 cm³/mol. The Morgan fingerprint density at radius 1 is 1.10 bits per heavy atom. The highest BCUT2D eigenvalue weighted by molar-refractivity contribution is 7.25. The Balaban J connectivity index is 0.000000867. The van der Waals surface area contributed by atoms with Gasteiger partial charge in [0.25, 0.3) is 5.97 Å². The van der Waals surface area contributed by atoms with Gasteiger partial charge in [0.1, 0.15) is 47.0 Å². The highest BCUT2D eigenvalue weighted by atomic mass is 35.5. The number of aliphatic hydroxyl groups excluding tert-OH is 2. The lowest BCUT2D eigenvalue weighted by Gasteiger charge is -2.14. The number of fused-ring (bicyclic) bond motifs is 3. The summed E-state index contributed by atoms with van der Waals surface area (Å²) in [7, 11) is 0. The summed E-state index contributed by atoms with van der Waals surface area (Å²) in [6, 6.07) is 17.1. The molecule has 2 aromatic heterocycles. The summed E-state index contributed by atoms with van der Waals surface area (Å²) in [5, 5.41) is 31.5. The standard InChI is InChI=1S/C26H21ClFN3O4S.C2H4O2/c27-21-9-17(4-7-22(21)34-13-15-2-1-3-16(28)8-15)31-25-24-20-6-5-18(35-19(11-32)12-33)10-23(20)36-26(24)30-14-29-25;1-2(3)4/h1-10,14,19,32-33H,11-13H2,(H,29,30,31);1H3,(H,3,4). The zero-order valence-corrected chi connectivity index (χ0v) is 22.7. The zero-order chi connectivity index (χ0) is 28.6. The number of nitrogens with one attached hydrogen (secondary N) is 1. The van der Waals surface area contributed by atoms with Crippen LogP contribution >= 0.6 is 22.9 Å². The largest absolute Gasteiger partial charge is 0.487 e. The van der Waals surface area contributed by atoms with Gasteiger partial charge in [-0.25, -0.2) is 14.4 Å². The van der Waals surface area contributed by atoms with Crippen LogP contribution in [0.15, 0.2) is 67.0 Å². The fourth-order valence-electron chi connectivity index (χ4n) is 3.70. The third kappa shape index (κ3) is 7.33. The molecular formula is C28H25ClFN3O6S. The van der Waals surface area contributed by atoms with Gasteiger partial charge in [0.15, 0.2) is 0 Å². The molecule has 5 rings (SSSR count). The number of carboxylic acids is 1. The van der Waals surface area contributed by atoms with E-state index in [2.05, 4.69) is 15.3 Å². The second-order valence-electron chi connectivity index (χ2n) is 8.48. The van der Waals surface area contributed by atoms with E-state index in [1.165, 1.54) is 29.8 Å². The molecule has 0 fully saturated rings. The number of hydrogen-bond acceptors (Lipinski definition) is 9. The third-order valence-electron chi connectivity index (χ3n) is 5.43. The molecule has 0 bridgehead atoms. The van der Waals surface area contributed by atoms with E-state index in [1.807, 2.05) is 18.2 Å².